The molecule has 0 bridgehead atoms. The van der Waals surface area contributed by atoms with E-state index in [1.807, 2.05) is 6.07 Å². The van der Waals surface area contributed by atoms with Gasteiger partial charge in [-0.25, -0.2) is 0 Å². The molecule has 1 heterocycles. The summed E-state index contributed by atoms with van der Waals surface area (Å²) in [5, 5.41) is 7.31. The van der Waals surface area contributed by atoms with Crippen LogP contribution in [0, 0.1) is 3.57 Å². The first-order chi connectivity index (χ1) is 12.5. The Kier molecular flexibility index (Phi) is 8.17. The summed E-state index contributed by atoms with van der Waals surface area (Å²) in [4.78, 5) is 15.1. The van der Waals surface area contributed by atoms with Crippen molar-refractivity contribution in [1.82, 2.24) is 10.2 Å². The molecule has 1 aromatic heterocycles. The molecule has 0 aliphatic rings. The van der Waals surface area contributed by atoms with Gasteiger partial charge in [-0.2, -0.15) is 11.3 Å². The van der Waals surface area contributed by atoms with E-state index < -0.39 is 0 Å². The number of rotatable bonds is 9. The summed E-state index contributed by atoms with van der Waals surface area (Å²) < 4.78 is 11.4. The molecule has 1 aromatic carbocycles. The molecule has 2 rings (SSSR count). The Balaban J connectivity index is 2.18. The predicted octanol–water partition coefficient (Wildman–Crippen LogP) is 4.18. The van der Waals surface area contributed by atoms with Crippen molar-refractivity contribution < 1.29 is 14.3 Å². The Morgan fingerprint density at radius 3 is 2.42 bits per heavy atom. The van der Waals surface area contributed by atoms with Crippen LogP contribution in [0.2, 0.25) is 0 Å². The van der Waals surface area contributed by atoms with Crippen LogP contribution in [0.15, 0.2) is 29.0 Å². The number of amides is 1. The van der Waals surface area contributed by atoms with Gasteiger partial charge in [0.25, 0.3) is 5.91 Å². The van der Waals surface area contributed by atoms with Gasteiger partial charge in [0.2, 0.25) is 0 Å². The van der Waals surface area contributed by atoms with Crippen LogP contribution in [0.25, 0.3) is 0 Å². The number of hydrogen-bond acceptors (Lipinski definition) is 5. The third kappa shape index (κ3) is 4.89. The second-order valence-corrected chi connectivity index (χ2v) is 7.63. The number of thiophene rings is 1. The summed E-state index contributed by atoms with van der Waals surface area (Å²) in [6, 6.07) is 5.83. The van der Waals surface area contributed by atoms with Crippen LogP contribution in [0.4, 0.5) is 0 Å². The number of likely N-dealkylation sites (N-methyl/N-ethyl adjacent to an activating group) is 1. The zero-order valence-corrected chi connectivity index (χ0v) is 18.5. The quantitative estimate of drug-likeness (QED) is 0.539. The van der Waals surface area contributed by atoms with Crippen molar-refractivity contribution in [3.8, 4) is 11.5 Å². The summed E-state index contributed by atoms with van der Waals surface area (Å²) >= 11 is 3.83. The van der Waals surface area contributed by atoms with E-state index in [1.165, 1.54) is 5.56 Å². The van der Waals surface area contributed by atoms with Crippen LogP contribution in [0.5, 0.6) is 11.5 Å². The topological polar surface area (TPSA) is 50.8 Å². The molecule has 1 atom stereocenters. The molecular weight excluding hydrogens is 463 g/mol. The van der Waals surface area contributed by atoms with Crippen LogP contribution < -0.4 is 14.8 Å². The SMILES string of the molecule is CCN(CC)C(CNC(=O)c1cc(OC)c(OC)cc1I)c1ccsc1. The maximum absolute atomic E-state index is 12.8. The van der Waals surface area contributed by atoms with Crippen molar-refractivity contribution in [2.75, 3.05) is 33.9 Å². The molecule has 1 N–H and O–H groups in total. The first kappa shape index (κ1) is 21.0. The first-order valence-electron chi connectivity index (χ1n) is 8.51. The van der Waals surface area contributed by atoms with Crippen LogP contribution in [-0.2, 0) is 0 Å². The van der Waals surface area contributed by atoms with Crippen molar-refractivity contribution >= 4 is 39.8 Å². The van der Waals surface area contributed by atoms with Gasteiger partial charge in [-0.1, -0.05) is 13.8 Å². The number of carbonyl (C=O) groups excluding carboxylic acids is 1. The number of nitrogens with one attached hydrogen (secondary N) is 1. The summed E-state index contributed by atoms with van der Waals surface area (Å²) in [7, 11) is 3.16. The van der Waals surface area contributed by atoms with Gasteiger partial charge >= 0.3 is 0 Å². The highest BCUT2D eigenvalue weighted by molar-refractivity contribution is 14.1. The molecule has 0 fully saturated rings. The van der Waals surface area contributed by atoms with E-state index in [4.69, 9.17) is 9.47 Å². The highest BCUT2D eigenvalue weighted by atomic mass is 127. The molecule has 0 aliphatic heterocycles. The molecular formula is C19H25IN2O3S. The fourth-order valence-electron chi connectivity index (χ4n) is 2.90. The second-order valence-electron chi connectivity index (χ2n) is 5.69. The van der Waals surface area contributed by atoms with Gasteiger partial charge in [0, 0.05) is 10.1 Å². The number of hydrogen-bond donors (Lipinski definition) is 1. The average molecular weight is 488 g/mol. The normalized spacial score (nSPS) is 12.1. The number of ether oxygens (including phenoxy) is 2. The van der Waals surface area contributed by atoms with Crippen molar-refractivity contribution in [2.45, 2.75) is 19.9 Å². The highest BCUT2D eigenvalue weighted by Gasteiger charge is 2.21. The zero-order valence-electron chi connectivity index (χ0n) is 15.5. The molecule has 7 heteroatoms. The Labute approximate surface area is 172 Å². The lowest BCUT2D eigenvalue weighted by atomic mass is 10.1. The maximum atomic E-state index is 12.8. The Morgan fingerprint density at radius 1 is 1.23 bits per heavy atom. The van der Waals surface area contributed by atoms with Gasteiger partial charge in [-0.05, 0) is 70.2 Å². The third-order valence-electron chi connectivity index (χ3n) is 4.35. The van der Waals surface area contributed by atoms with Gasteiger partial charge in [-0.3, -0.25) is 9.69 Å². The number of benzene rings is 1. The molecule has 5 nitrogen and oxygen atoms in total. The molecule has 26 heavy (non-hydrogen) atoms. The third-order valence-corrected chi connectivity index (χ3v) is 5.95. The minimum absolute atomic E-state index is 0.109. The van der Waals surface area contributed by atoms with E-state index in [2.05, 4.69) is 63.5 Å². The smallest absolute Gasteiger partial charge is 0.252 e. The second kappa shape index (κ2) is 10.1. The molecule has 0 aliphatic carbocycles. The zero-order chi connectivity index (χ0) is 19.1. The lowest BCUT2D eigenvalue weighted by Gasteiger charge is -2.29. The largest absolute Gasteiger partial charge is 0.493 e. The summed E-state index contributed by atoms with van der Waals surface area (Å²) in [6.45, 7) is 6.70. The number of methoxy groups -OCH3 is 2. The molecule has 1 amide bonds. The standard InChI is InChI=1S/C19H25IN2O3S/c1-5-22(6-2)16(13-7-8-26-12-13)11-21-19(23)14-9-17(24-3)18(25-4)10-15(14)20/h7-10,12,16H,5-6,11H2,1-4H3,(H,21,23). The van der Waals surface area contributed by atoms with E-state index in [0.717, 1.165) is 16.7 Å². The Morgan fingerprint density at radius 2 is 1.88 bits per heavy atom. The van der Waals surface area contributed by atoms with Crippen molar-refractivity contribution in [3.63, 3.8) is 0 Å². The average Bonchev–Trinajstić information content (AvgIpc) is 3.18. The van der Waals surface area contributed by atoms with Crippen LogP contribution in [0.3, 0.4) is 0 Å². The molecule has 1 unspecified atom stereocenters. The van der Waals surface area contributed by atoms with Gasteiger partial charge in [0.1, 0.15) is 0 Å². The van der Waals surface area contributed by atoms with E-state index in [1.54, 1.807) is 31.6 Å². The molecule has 0 saturated carbocycles. The lowest BCUT2D eigenvalue weighted by molar-refractivity contribution is 0.0933. The fourth-order valence-corrected chi connectivity index (χ4v) is 4.29. The molecule has 0 spiro atoms. The minimum atomic E-state index is -0.109. The monoisotopic (exact) mass is 488 g/mol. The van der Waals surface area contributed by atoms with Crippen LogP contribution >= 0.6 is 33.9 Å². The molecule has 0 radical (unpaired) electrons. The Hall–Kier alpha value is -1.32. The summed E-state index contributed by atoms with van der Waals surface area (Å²) in [5.41, 5.74) is 1.83. The fraction of sp³-hybridized carbons (Fsp3) is 0.421. The van der Waals surface area contributed by atoms with Gasteiger partial charge < -0.3 is 14.8 Å². The number of halogens is 1. The Bertz CT molecular complexity index is 718. The van der Waals surface area contributed by atoms with E-state index in [0.29, 0.717) is 23.6 Å². The number of carbonyl (C=O) groups is 1. The molecule has 2 aromatic rings. The van der Waals surface area contributed by atoms with E-state index in [9.17, 15) is 4.79 Å². The minimum Gasteiger partial charge on any atom is -0.493 e. The molecule has 0 saturated heterocycles. The van der Waals surface area contributed by atoms with E-state index in [-0.39, 0.29) is 11.9 Å². The lowest BCUT2D eigenvalue weighted by Crippen LogP contribution is -2.38. The van der Waals surface area contributed by atoms with Crippen LogP contribution in [0.1, 0.15) is 35.8 Å². The van der Waals surface area contributed by atoms with Crippen molar-refractivity contribution in [3.05, 3.63) is 43.7 Å². The van der Waals surface area contributed by atoms with Crippen molar-refractivity contribution in [1.29, 1.82) is 0 Å². The number of nitrogens with zero attached hydrogens (tertiary/aromatic N) is 1. The highest BCUT2D eigenvalue weighted by Crippen LogP contribution is 2.31. The molecule has 142 valence electrons. The first-order valence-corrected chi connectivity index (χ1v) is 10.5. The summed E-state index contributed by atoms with van der Waals surface area (Å²) in [6.07, 6.45) is 0. The van der Waals surface area contributed by atoms with E-state index >= 15 is 0 Å². The van der Waals surface area contributed by atoms with Crippen molar-refractivity contribution in [2.24, 2.45) is 0 Å². The summed E-state index contributed by atoms with van der Waals surface area (Å²) in [5.74, 6) is 1.06. The maximum Gasteiger partial charge on any atom is 0.252 e. The predicted molar refractivity (Wildman–Crippen MR) is 115 cm³/mol. The van der Waals surface area contributed by atoms with Gasteiger partial charge in [0.05, 0.1) is 25.8 Å². The van der Waals surface area contributed by atoms with Gasteiger partial charge in [0.15, 0.2) is 11.5 Å². The van der Waals surface area contributed by atoms with Gasteiger partial charge in [-0.15, -0.1) is 0 Å². The van der Waals surface area contributed by atoms with Crippen LogP contribution in [-0.4, -0.2) is 44.7 Å².